The second-order valence-electron chi connectivity index (χ2n) is 8.17. The van der Waals surface area contributed by atoms with Gasteiger partial charge in [0.05, 0.1) is 24.2 Å². The maximum Gasteiger partial charge on any atom is 0.284 e. The number of furan rings is 1. The standard InChI is InChI=1S/C24H25N5O3S/c1-27(15-18-11-8-14-32-18)20(30)16-33-24-25-22-21(19-12-6-3-7-13-28(19)24)23(31)29(26-22)17-9-4-2-5-10-17/h2,4-5,8-11,14H,3,6-7,12-13,15-16H2,1H3. The number of carbonyl (C=O) groups excluding carboxylic acids is 1. The number of amides is 1. The molecule has 33 heavy (non-hydrogen) atoms. The molecule has 3 aliphatic rings. The Kier molecular flexibility index (Phi) is 6.04. The van der Waals surface area contributed by atoms with Crippen molar-refractivity contribution in [2.75, 3.05) is 12.8 Å². The molecule has 0 aliphatic carbocycles. The van der Waals surface area contributed by atoms with Gasteiger partial charge in [-0.05, 0) is 43.5 Å². The van der Waals surface area contributed by atoms with Crippen LogP contribution in [0.5, 0.6) is 0 Å². The molecule has 0 unspecified atom stereocenters. The van der Waals surface area contributed by atoms with Crippen LogP contribution in [0.15, 0.2) is 63.1 Å². The van der Waals surface area contributed by atoms with Crippen molar-refractivity contribution in [3.63, 3.8) is 0 Å². The Morgan fingerprint density at radius 3 is 2.79 bits per heavy atom. The monoisotopic (exact) mass is 463 g/mol. The zero-order chi connectivity index (χ0) is 22.8. The molecule has 5 rings (SSSR count). The van der Waals surface area contributed by atoms with E-state index >= 15 is 0 Å². The largest absolute Gasteiger partial charge is 0.467 e. The molecule has 3 aliphatic heterocycles. The highest BCUT2D eigenvalue weighted by Crippen LogP contribution is 2.30. The first-order valence-corrected chi connectivity index (χ1v) is 12.1. The van der Waals surface area contributed by atoms with Crippen molar-refractivity contribution in [1.82, 2.24) is 24.2 Å². The molecule has 4 heterocycles. The van der Waals surface area contributed by atoms with Crippen LogP contribution in [-0.4, -0.2) is 42.9 Å². The average molecular weight is 464 g/mol. The number of nitrogens with zero attached hydrogens (tertiary/aromatic N) is 5. The number of hydrogen-bond acceptors (Lipinski definition) is 6. The summed E-state index contributed by atoms with van der Waals surface area (Å²) in [4.78, 5) is 32.4. The van der Waals surface area contributed by atoms with Gasteiger partial charge in [0.1, 0.15) is 11.3 Å². The molecule has 9 heteroatoms. The first-order chi connectivity index (χ1) is 16.1. The molecule has 0 bridgehead atoms. The summed E-state index contributed by atoms with van der Waals surface area (Å²) >= 11 is 1.40. The zero-order valence-electron chi connectivity index (χ0n) is 18.4. The van der Waals surface area contributed by atoms with Gasteiger partial charge in [0.15, 0.2) is 11.0 Å². The minimum atomic E-state index is -0.139. The first kappa shape index (κ1) is 21.5. The van der Waals surface area contributed by atoms with Gasteiger partial charge < -0.3 is 13.9 Å². The lowest BCUT2D eigenvalue weighted by atomic mass is 10.1. The molecule has 0 radical (unpaired) electrons. The molecule has 0 N–H and O–H groups in total. The van der Waals surface area contributed by atoms with E-state index < -0.39 is 0 Å². The van der Waals surface area contributed by atoms with Gasteiger partial charge in [-0.3, -0.25) is 9.59 Å². The molecule has 0 atom stereocenters. The summed E-state index contributed by atoms with van der Waals surface area (Å²) in [6, 6.07) is 13.1. The first-order valence-electron chi connectivity index (χ1n) is 11.1. The second-order valence-corrected chi connectivity index (χ2v) is 9.11. The summed E-state index contributed by atoms with van der Waals surface area (Å²) in [6.07, 6.45) is 5.54. The van der Waals surface area contributed by atoms with Crippen molar-refractivity contribution in [3.05, 3.63) is 70.5 Å². The summed E-state index contributed by atoms with van der Waals surface area (Å²) in [5.41, 5.74) is 2.15. The van der Waals surface area contributed by atoms with E-state index in [1.165, 1.54) is 16.4 Å². The van der Waals surface area contributed by atoms with Gasteiger partial charge in [-0.1, -0.05) is 36.4 Å². The van der Waals surface area contributed by atoms with E-state index in [9.17, 15) is 9.59 Å². The number of rotatable bonds is 6. The van der Waals surface area contributed by atoms with Gasteiger partial charge in [-0.2, -0.15) is 4.68 Å². The maximum absolute atomic E-state index is 13.3. The highest BCUT2D eigenvalue weighted by Gasteiger charge is 2.27. The molecule has 0 fully saturated rings. The van der Waals surface area contributed by atoms with Crippen LogP contribution in [0.1, 0.15) is 30.7 Å². The molecule has 0 saturated carbocycles. The third-order valence-corrected chi connectivity index (χ3v) is 6.85. The SMILES string of the molecule is CN(Cc1ccco1)C(=O)CSc1nc2nn(-c3ccccc3)c(=O)c-2c2n1CCCCC2. The third kappa shape index (κ3) is 4.32. The van der Waals surface area contributed by atoms with Crippen LogP contribution in [0.3, 0.4) is 0 Å². The van der Waals surface area contributed by atoms with Crippen LogP contribution in [0.4, 0.5) is 0 Å². The van der Waals surface area contributed by atoms with Crippen LogP contribution >= 0.6 is 11.8 Å². The Balaban J connectivity index is 1.47. The van der Waals surface area contributed by atoms with Crippen LogP contribution < -0.4 is 5.56 Å². The molecule has 8 nitrogen and oxygen atoms in total. The van der Waals surface area contributed by atoms with E-state index in [2.05, 4.69) is 9.67 Å². The van der Waals surface area contributed by atoms with Gasteiger partial charge in [0.25, 0.3) is 5.56 Å². The zero-order valence-corrected chi connectivity index (χ0v) is 19.3. The van der Waals surface area contributed by atoms with Crippen molar-refractivity contribution in [2.24, 2.45) is 0 Å². The maximum atomic E-state index is 13.3. The lowest BCUT2D eigenvalue weighted by Crippen LogP contribution is -2.28. The van der Waals surface area contributed by atoms with Gasteiger partial charge in [0, 0.05) is 19.3 Å². The predicted octanol–water partition coefficient (Wildman–Crippen LogP) is 3.60. The number of thioether (sulfide) groups is 1. The molecular formula is C24H25N5O3S. The van der Waals surface area contributed by atoms with Crippen molar-refractivity contribution >= 4 is 17.7 Å². The molecule has 0 saturated heterocycles. The quantitative estimate of drug-likeness (QED) is 0.321. The molecule has 0 spiro atoms. The Morgan fingerprint density at radius 1 is 1.15 bits per heavy atom. The van der Waals surface area contributed by atoms with Crippen LogP contribution in [-0.2, 0) is 24.3 Å². The fourth-order valence-corrected chi connectivity index (χ4v) is 5.15. The Hall–Kier alpha value is -3.33. The lowest BCUT2D eigenvalue weighted by Gasteiger charge is -2.19. The number of hydrogen-bond donors (Lipinski definition) is 0. The Labute approximate surface area is 195 Å². The van der Waals surface area contributed by atoms with Crippen molar-refractivity contribution < 1.29 is 9.21 Å². The Morgan fingerprint density at radius 2 is 2.00 bits per heavy atom. The Bertz CT molecular complexity index is 1280. The molecule has 1 aromatic heterocycles. The molecule has 170 valence electrons. The summed E-state index contributed by atoms with van der Waals surface area (Å²) in [5.74, 6) is 1.42. The molecular weight excluding hydrogens is 438 g/mol. The van der Waals surface area contributed by atoms with Crippen LogP contribution in [0, 0.1) is 0 Å². The molecule has 1 aromatic carbocycles. The second kappa shape index (κ2) is 9.27. The van der Waals surface area contributed by atoms with Crippen molar-refractivity contribution in [1.29, 1.82) is 0 Å². The predicted molar refractivity (Wildman–Crippen MR) is 126 cm³/mol. The third-order valence-electron chi connectivity index (χ3n) is 5.89. The summed E-state index contributed by atoms with van der Waals surface area (Å²) in [6.45, 7) is 1.21. The van der Waals surface area contributed by atoms with Gasteiger partial charge in [0.2, 0.25) is 5.91 Å². The number of fused-ring (bicyclic) bond motifs is 3. The van der Waals surface area contributed by atoms with Gasteiger partial charge in [-0.25, -0.2) is 4.98 Å². The summed E-state index contributed by atoms with van der Waals surface area (Å²) in [5, 5.41) is 5.29. The van der Waals surface area contributed by atoms with Crippen LogP contribution in [0.2, 0.25) is 0 Å². The normalized spacial score (nSPS) is 13.6. The molecule has 2 aromatic rings. The number of para-hydroxylation sites is 1. The minimum absolute atomic E-state index is 0.0133. The topological polar surface area (TPSA) is 86.2 Å². The van der Waals surface area contributed by atoms with Crippen molar-refractivity contribution in [3.8, 4) is 17.1 Å². The van der Waals surface area contributed by atoms with Crippen LogP contribution in [0.25, 0.3) is 17.1 Å². The fraction of sp³-hybridized carbons (Fsp3) is 0.333. The van der Waals surface area contributed by atoms with E-state index in [0.29, 0.717) is 17.9 Å². The average Bonchev–Trinajstić information content (AvgIpc) is 3.38. The molecule has 1 amide bonds. The lowest BCUT2D eigenvalue weighted by molar-refractivity contribution is -0.127. The summed E-state index contributed by atoms with van der Waals surface area (Å²) < 4.78 is 8.90. The fourth-order valence-electron chi connectivity index (χ4n) is 4.17. The number of aromatic nitrogens is 4. The highest BCUT2D eigenvalue weighted by atomic mass is 32.2. The highest BCUT2D eigenvalue weighted by molar-refractivity contribution is 7.99. The minimum Gasteiger partial charge on any atom is -0.467 e. The van der Waals surface area contributed by atoms with E-state index in [1.54, 1.807) is 18.2 Å². The van der Waals surface area contributed by atoms with E-state index in [4.69, 9.17) is 9.40 Å². The van der Waals surface area contributed by atoms with E-state index in [1.807, 2.05) is 42.5 Å². The smallest absolute Gasteiger partial charge is 0.284 e. The van der Waals surface area contributed by atoms with Gasteiger partial charge >= 0.3 is 0 Å². The van der Waals surface area contributed by atoms with Crippen molar-refractivity contribution in [2.45, 2.75) is 43.9 Å². The summed E-state index contributed by atoms with van der Waals surface area (Å²) in [7, 11) is 1.76. The van der Waals surface area contributed by atoms with Gasteiger partial charge in [-0.15, -0.1) is 5.10 Å². The van der Waals surface area contributed by atoms with E-state index in [-0.39, 0.29) is 17.2 Å². The number of carbonyl (C=O) groups is 1. The van der Waals surface area contributed by atoms with E-state index in [0.717, 1.165) is 54.5 Å². The number of benzene rings is 1.